The Morgan fingerprint density at radius 1 is 1.50 bits per heavy atom. The molecule has 0 aliphatic rings. The lowest BCUT2D eigenvalue weighted by Crippen LogP contribution is -1.84. The Morgan fingerprint density at radius 3 is 2.92 bits per heavy atom. The van der Waals surface area contributed by atoms with Crippen LogP contribution in [0.1, 0.15) is 12.0 Å². The van der Waals surface area contributed by atoms with E-state index < -0.39 is 0 Å². The SMILES string of the molecule is N#CCCc1cc(S)ccc1O. The van der Waals surface area contributed by atoms with Gasteiger partial charge in [-0.05, 0) is 30.2 Å². The fourth-order valence-corrected chi connectivity index (χ4v) is 1.19. The lowest BCUT2D eigenvalue weighted by molar-refractivity contribution is 0.467. The van der Waals surface area contributed by atoms with Crippen LogP contribution in [0.25, 0.3) is 0 Å². The van der Waals surface area contributed by atoms with Crippen LogP contribution in [-0.4, -0.2) is 5.11 Å². The summed E-state index contributed by atoms with van der Waals surface area (Å²) >= 11 is 4.13. The number of benzene rings is 1. The number of phenols is 1. The molecular formula is C9H9NOS. The molecule has 62 valence electrons. The molecule has 0 amide bonds. The van der Waals surface area contributed by atoms with Gasteiger partial charge in [-0.1, -0.05) is 0 Å². The Hall–Kier alpha value is -1.14. The van der Waals surface area contributed by atoms with Crippen LogP contribution in [0.15, 0.2) is 23.1 Å². The number of nitrogens with zero attached hydrogens (tertiary/aromatic N) is 1. The van der Waals surface area contributed by atoms with E-state index in [9.17, 15) is 5.11 Å². The monoisotopic (exact) mass is 179 g/mol. The molecule has 0 saturated heterocycles. The molecule has 0 atom stereocenters. The number of aryl methyl sites for hydroxylation is 1. The molecule has 3 heteroatoms. The zero-order valence-corrected chi connectivity index (χ0v) is 7.38. The maximum atomic E-state index is 9.32. The number of aromatic hydroxyl groups is 1. The lowest BCUT2D eigenvalue weighted by Gasteiger charge is -2.01. The first-order valence-corrected chi connectivity index (χ1v) is 4.06. The van der Waals surface area contributed by atoms with Crippen LogP contribution in [-0.2, 0) is 6.42 Å². The van der Waals surface area contributed by atoms with E-state index in [1.54, 1.807) is 18.2 Å². The summed E-state index contributed by atoms with van der Waals surface area (Å²) in [6.45, 7) is 0. The Balaban J connectivity index is 2.84. The fraction of sp³-hybridized carbons (Fsp3) is 0.222. The van der Waals surface area contributed by atoms with Crippen molar-refractivity contribution >= 4 is 12.6 Å². The summed E-state index contributed by atoms with van der Waals surface area (Å²) in [7, 11) is 0. The van der Waals surface area contributed by atoms with Gasteiger partial charge in [0.25, 0.3) is 0 Å². The average molecular weight is 179 g/mol. The van der Waals surface area contributed by atoms with Crippen LogP contribution in [0.2, 0.25) is 0 Å². The van der Waals surface area contributed by atoms with Crippen molar-refractivity contribution in [2.75, 3.05) is 0 Å². The van der Waals surface area contributed by atoms with Gasteiger partial charge in [-0.2, -0.15) is 5.26 Å². The van der Waals surface area contributed by atoms with E-state index in [0.29, 0.717) is 12.8 Å². The van der Waals surface area contributed by atoms with Crippen molar-refractivity contribution in [3.63, 3.8) is 0 Å². The second-order valence-corrected chi connectivity index (χ2v) is 2.99. The van der Waals surface area contributed by atoms with Crippen LogP contribution in [0.3, 0.4) is 0 Å². The molecule has 0 aliphatic carbocycles. The van der Waals surface area contributed by atoms with Crippen LogP contribution >= 0.6 is 12.6 Å². The standard InChI is InChI=1S/C9H9NOS/c10-5-1-2-7-6-8(12)3-4-9(7)11/h3-4,6,11-12H,1-2H2. The topological polar surface area (TPSA) is 44.0 Å². The molecule has 2 nitrogen and oxygen atoms in total. The Morgan fingerprint density at radius 2 is 2.25 bits per heavy atom. The molecule has 0 heterocycles. The summed E-state index contributed by atoms with van der Waals surface area (Å²) in [4.78, 5) is 0.806. The van der Waals surface area contributed by atoms with E-state index in [1.165, 1.54) is 0 Å². The van der Waals surface area contributed by atoms with Crippen molar-refractivity contribution in [1.29, 1.82) is 5.26 Å². The fourth-order valence-electron chi connectivity index (χ4n) is 0.963. The van der Waals surface area contributed by atoms with E-state index in [0.717, 1.165) is 10.5 Å². The highest BCUT2D eigenvalue weighted by Crippen LogP contribution is 2.21. The minimum Gasteiger partial charge on any atom is -0.508 e. The first-order valence-electron chi connectivity index (χ1n) is 3.62. The number of nitriles is 1. The van der Waals surface area contributed by atoms with Gasteiger partial charge in [0.2, 0.25) is 0 Å². The van der Waals surface area contributed by atoms with E-state index in [2.05, 4.69) is 12.6 Å². The molecule has 1 rings (SSSR count). The third kappa shape index (κ3) is 2.18. The molecule has 0 unspecified atom stereocenters. The van der Waals surface area contributed by atoms with E-state index in [4.69, 9.17) is 5.26 Å². The maximum absolute atomic E-state index is 9.32. The van der Waals surface area contributed by atoms with Crippen molar-refractivity contribution < 1.29 is 5.11 Å². The summed E-state index contributed by atoms with van der Waals surface area (Å²) < 4.78 is 0. The number of rotatable bonds is 2. The van der Waals surface area contributed by atoms with Crippen molar-refractivity contribution in [3.05, 3.63) is 23.8 Å². The zero-order chi connectivity index (χ0) is 8.97. The van der Waals surface area contributed by atoms with Gasteiger partial charge in [-0.3, -0.25) is 0 Å². The zero-order valence-electron chi connectivity index (χ0n) is 6.49. The lowest BCUT2D eigenvalue weighted by atomic mass is 10.1. The first kappa shape index (κ1) is 8.95. The molecule has 0 spiro atoms. The normalized spacial score (nSPS) is 9.33. The summed E-state index contributed by atoms with van der Waals surface area (Å²) in [5.41, 5.74) is 0.782. The first-order chi connectivity index (χ1) is 5.74. The molecule has 0 radical (unpaired) electrons. The highest BCUT2D eigenvalue weighted by molar-refractivity contribution is 7.80. The van der Waals surface area contributed by atoms with Crippen molar-refractivity contribution in [3.8, 4) is 11.8 Å². The second-order valence-electron chi connectivity index (χ2n) is 2.47. The van der Waals surface area contributed by atoms with Crippen molar-refractivity contribution in [2.45, 2.75) is 17.7 Å². The summed E-state index contributed by atoms with van der Waals surface area (Å²) in [5, 5.41) is 17.7. The van der Waals surface area contributed by atoms with Gasteiger partial charge in [-0.15, -0.1) is 12.6 Å². The van der Waals surface area contributed by atoms with E-state index in [-0.39, 0.29) is 5.75 Å². The average Bonchev–Trinajstić information content (AvgIpc) is 2.07. The van der Waals surface area contributed by atoms with Crippen LogP contribution in [0.4, 0.5) is 0 Å². The predicted molar refractivity (Wildman–Crippen MR) is 49.3 cm³/mol. The largest absolute Gasteiger partial charge is 0.508 e. The Labute approximate surface area is 76.9 Å². The van der Waals surface area contributed by atoms with Crippen LogP contribution in [0.5, 0.6) is 5.75 Å². The third-order valence-corrected chi connectivity index (χ3v) is 1.85. The molecule has 0 saturated carbocycles. The molecule has 1 N–H and O–H groups in total. The molecule has 1 aromatic carbocycles. The smallest absolute Gasteiger partial charge is 0.118 e. The van der Waals surface area contributed by atoms with Crippen LogP contribution < -0.4 is 0 Å². The van der Waals surface area contributed by atoms with E-state index >= 15 is 0 Å². The van der Waals surface area contributed by atoms with Gasteiger partial charge < -0.3 is 5.11 Å². The van der Waals surface area contributed by atoms with Gasteiger partial charge >= 0.3 is 0 Å². The van der Waals surface area contributed by atoms with Gasteiger partial charge in [0, 0.05) is 11.3 Å². The predicted octanol–water partition coefficient (Wildman–Crippen LogP) is 2.14. The molecule has 0 aliphatic heterocycles. The quantitative estimate of drug-likeness (QED) is 0.683. The number of hydrogen-bond acceptors (Lipinski definition) is 3. The Bertz CT molecular complexity index is 317. The van der Waals surface area contributed by atoms with Crippen LogP contribution in [0, 0.1) is 11.3 Å². The highest BCUT2D eigenvalue weighted by atomic mass is 32.1. The molecule has 0 aromatic heterocycles. The number of hydrogen-bond donors (Lipinski definition) is 2. The minimum atomic E-state index is 0.239. The highest BCUT2D eigenvalue weighted by Gasteiger charge is 2.00. The van der Waals surface area contributed by atoms with Crippen molar-refractivity contribution in [1.82, 2.24) is 0 Å². The van der Waals surface area contributed by atoms with Crippen molar-refractivity contribution in [2.24, 2.45) is 0 Å². The summed E-state index contributed by atoms with van der Waals surface area (Å²) in [6, 6.07) is 7.11. The Kier molecular flexibility index (Phi) is 3.01. The van der Waals surface area contributed by atoms with Gasteiger partial charge in [0.1, 0.15) is 5.75 Å². The van der Waals surface area contributed by atoms with Gasteiger partial charge in [0.05, 0.1) is 6.07 Å². The second kappa shape index (κ2) is 4.03. The molecular weight excluding hydrogens is 170 g/mol. The summed E-state index contributed by atoms with van der Waals surface area (Å²) in [5.74, 6) is 0.239. The number of thiol groups is 1. The maximum Gasteiger partial charge on any atom is 0.118 e. The number of phenolic OH excluding ortho intramolecular Hbond substituents is 1. The van der Waals surface area contributed by atoms with Gasteiger partial charge in [0.15, 0.2) is 0 Å². The molecule has 0 bridgehead atoms. The van der Waals surface area contributed by atoms with Gasteiger partial charge in [-0.25, -0.2) is 0 Å². The molecule has 0 fully saturated rings. The minimum absolute atomic E-state index is 0.239. The molecule has 1 aromatic rings. The molecule has 12 heavy (non-hydrogen) atoms. The van der Waals surface area contributed by atoms with E-state index in [1.807, 2.05) is 6.07 Å². The third-order valence-electron chi connectivity index (χ3n) is 1.57. The summed E-state index contributed by atoms with van der Waals surface area (Å²) in [6.07, 6.45) is 1.00.